The number of para-hydroxylation sites is 1. The molecule has 5 nitrogen and oxygen atoms in total. The lowest BCUT2D eigenvalue weighted by atomic mass is 10.2. The van der Waals surface area contributed by atoms with Crippen LogP contribution in [-0.2, 0) is 0 Å². The second kappa shape index (κ2) is 3.99. The Balaban J connectivity index is 2.23. The second-order valence-electron chi connectivity index (χ2n) is 3.70. The van der Waals surface area contributed by atoms with E-state index in [4.69, 9.17) is 4.42 Å². The van der Waals surface area contributed by atoms with E-state index in [0.29, 0.717) is 11.3 Å². The number of H-pyrrole nitrogens is 1. The van der Waals surface area contributed by atoms with Crippen molar-refractivity contribution in [3.63, 3.8) is 0 Å². The summed E-state index contributed by atoms with van der Waals surface area (Å²) >= 11 is 2.93. The molecule has 1 aromatic carbocycles. The largest absolute Gasteiger partial charge is 0.492 e. The molecule has 90 valence electrons. The first-order chi connectivity index (χ1) is 8.65. The lowest BCUT2D eigenvalue weighted by Gasteiger charge is -1.98. The molecule has 0 aliphatic rings. The smallest absolute Gasteiger partial charge is 0.269 e. The van der Waals surface area contributed by atoms with Crippen LogP contribution in [-0.4, -0.2) is 15.1 Å². The molecule has 2 aromatic heterocycles. The van der Waals surface area contributed by atoms with Crippen LogP contribution in [0.2, 0.25) is 0 Å². The van der Waals surface area contributed by atoms with Crippen molar-refractivity contribution in [2.75, 3.05) is 0 Å². The van der Waals surface area contributed by atoms with Crippen LogP contribution in [0.5, 0.6) is 5.88 Å². The Hall–Kier alpha value is -2.08. The number of nitrogens with zero attached hydrogens (tertiary/aromatic N) is 1. The zero-order chi connectivity index (χ0) is 12.7. The van der Waals surface area contributed by atoms with Gasteiger partial charge in [0.15, 0.2) is 11.6 Å². The van der Waals surface area contributed by atoms with Crippen LogP contribution in [0.3, 0.4) is 0 Å². The maximum absolute atomic E-state index is 11.5. The molecule has 0 amide bonds. The average Bonchev–Trinajstić information content (AvgIpc) is 2.79. The van der Waals surface area contributed by atoms with Crippen LogP contribution in [0, 0.1) is 0 Å². The summed E-state index contributed by atoms with van der Waals surface area (Å²) in [5.41, 5.74) is 0.232. The Morgan fingerprint density at radius 1 is 1.33 bits per heavy atom. The summed E-state index contributed by atoms with van der Waals surface area (Å²) in [5, 5.41) is 10.4. The number of fused-ring (bicyclic) bond motifs is 1. The monoisotopic (exact) mass is 306 g/mol. The van der Waals surface area contributed by atoms with E-state index < -0.39 is 5.56 Å². The zero-order valence-corrected chi connectivity index (χ0v) is 10.6. The molecule has 0 saturated carbocycles. The molecule has 0 aliphatic heterocycles. The van der Waals surface area contributed by atoms with Crippen LogP contribution >= 0.6 is 15.9 Å². The summed E-state index contributed by atoms with van der Waals surface area (Å²) in [5.74, 6) is 0.224. The van der Waals surface area contributed by atoms with Gasteiger partial charge in [0.05, 0.1) is 0 Å². The van der Waals surface area contributed by atoms with Crippen molar-refractivity contribution in [3.8, 4) is 17.5 Å². The number of benzene rings is 1. The van der Waals surface area contributed by atoms with E-state index in [1.54, 1.807) is 6.07 Å². The number of hydrogen-bond donors (Lipinski definition) is 2. The molecule has 6 heteroatoms. The third kappa shape index (κ3) is 1.70. The molecule has 0 spiro atoms. The van der Waals surface area contributed by atoms with Crippen LogP contribution in [0.4, 0.5) is 0 Å². The number of halogens is 1. The average molecular weight is 307 g/mol. The minimum atomic E-state index is -0.460. The van der Waals surface area contributed by atoms with E-state index in [2.05, 4.69) is 25.9 Å². The van der Waals surface area contributed by atoms with E-state index >= 15 is 0 Å². The Morgan fingerprint density at radius 3 is 2.83 bits per heavy atom. The summed E-state index contributed by atoms with van der Waals surface area (Å²) in [4.78, 5) is 17.9. The lowest BCUT2D eigenvalue weighted by Crippen LogP contribution is -2.09. The minimum absolute atomic E-state index is 0.00219. The van der Waals surface area contributed by atoms with Gasteiger partial charge < -0.3 is 14.5 Å². The van der Waals surface area contributed by atoms with Crippen LogP contribution in [0.15, 0.2) is 44.0 Å². The van der Waals surface area contributed by atoms with Gasteiger partial charge >= 0.3 is 0 Å². The number of aromatic nitrogens is 2. The van der Waals surface area contributed by atoms with Crippen molar-refractivity contribution in [2.45, 2.75) is 0 Å². The molecule has 0 atom stereocenters. The van der Waals surface area contributed by atoms with E-state index in [0.717, 1.165) is 5.39 Å². The number of nitrogens with one attached hydrogen (secondary N) is 1. The van der Waals surface area contributed by atoms with Gasteiger partial charge in [-0.25, -0.2) is 0 Å². The summed E-state index contributed by atoms with van der Waals surface area (Å²) in [6.07, 6.45) is 0. The number of hydrogen-bond acceptors (Lipinski definition) is 4. The van der Waals surface area contributed by atoms with E-state index in [9.17, 15) is 9.90 Å². The molecule has 0 fully saturated rings. The summed E-state index contributed by atoms with van der Waals surface area (Å²) in [6.45, 7) is 0. The quantitative estimate of drug-likeness (QED) is 0.724. The number of furan rings is 1. The standard InChI is InChI=1S/C12H7BrN2O3/c13-9-11(16)14-10(15-12(9)17)8-5-6-3-1-2-4-7(6)18-8/h1-5H,(H2,14,15,16,17). The third-order valence-corrected chi connectivity index (χ3v) is 3.22. The third-order valence-electron chi connectivity index (χ3n) is 2.50. The van der Waals surface area contributed by atoms with Gasteiger partial charge in [-0.1, -0.05) is 18.2 Å². The molecule has 2 heterocycles. The molecule has 0 saturated heterocycles. The van der Waals surface area contributed by atoms with Gasteiger partial charge in [-0.05, 0) is 28.1 Å². The summed E-state index contributed by atoms with van der Waals surface area (Å²) in [6, 6.07) is 9.19. The Morgan fingerprint density at radius 2 is 2.11 bits per heavy atom. The Bertz CT molecular complexity index is 758. The maximum atomic E-state index is 11.5. The van der Waals surface area contributed by atoms with Crippen LogP contribution in [0.25, 0.3) is 22.6 Å². The van der Waals surface area contributed by atoms with Gasteiger partial charge in [0, 0.05) is 5.39 Å². The molecule has 0 unspecified atom stereocenters. The highest BCUT2D eigenvalue weighted by Gasteiger charge is 2.12. The van der Waals surface area contributed by atoms with Gasteiger partial charge in [0.25, 0.3) is 5.56 Å². The SMILES string of the molecule is O=c1[nH]c(-c2cc3ccccc3o2)nc(O)c1Br. The fourth-order valence-electron chi connectivity index (χ4n) is 1.66. The lowest BCUT2D eigenvalue weighted by molar-refractivity contribution is 0.447. The molecule has 18 heavy (non-hydrogen) atoms. The first kappa shape index (κ1) is 11.0. The highest BCUT2D eigenvalue weighted by atomic mass is 79.9. The Labute approximate surface area is 109 Å². The molecule has 0 aliphatic carbocycles. The number of aromatic hydroxyl groups is 1. The Kier molecular flexibility index (Phi) is 2.45. The molecular weight excluding hydrogens is 300 g/mol. The number of aromatic amines is 1. The van der Waals surface area contributed by atoms with E-state index in [1.165, 1.54) is 0 Å². The normalized spacial score (nSPS) is 10.9. The van der Waals surface area contributed by atoms with Crippen molar-refractivity contribution < 1.29 is 9.52 Å². The van der Waals surface area contributed by atoms with Crippen molar-refractivity contribution in [1.29, 1.82) is 0 Å². The van der Waals surface area contributed by atoms with Gasteiger partial charge in [-0.3, -0.25) is 4.79 Å². The minimum Gasteiger partial charge on any atom is -0.492 e. The van der Waals surface area contributed by atoms with Crippen molar-refractivity contribution in [2.24, 2.45) is 0 Å². The fraction of sp³-hybridized carbons (Fsp3) is 0. The van der Waals surface area contributed by atoms with Gasteiger partial charge in [-0.2, -0.15) is 4.98 Å². The highest BCUT2D eigenvalue weighted by Crippen LogP contribution is 2.26. The van der Waals surface area contributed by atoms with Gasteiger partial charge in [0.1, 0.15) is 10.1 Å². The summed E-state index contributed by atoms with van der Waals surface area (Å²) in [7, 11) is 0. The van der Waals surface area contributed by atoms with Gasteiger partial charge in [0.2, 0.25) is 5.88 Å². The summed E-state index contributed by atoms with van der Waals surface area (Å²) < 4.78 is 5.55. The van der Waals surface area contributed by atoms with Crippen LogP contribution < -0.4 is 5.56 Å². The first-order valence-corrected chi connectivity index (χ1v) is 5.92. The maximum Gasteiger partial charge on any atom is 0.269 e. The van der Waals surface area contributed by atoms with Crippen molar-refractivity contribution in [1.82, 2.24) is 9.97 Å². The topological polar surface area (TPSA) is 79.1 Å². The number of rotatable bonds is 1. The van der Waals surface area contributed by atoms with Crippen molar-refractivity contribution in [3.05, 3.63) is 45.2 Å². The van der Waals surface area contributed by atoms with Gasteiger partial charge in [-0.15, -0.1) is 0 Å². The van der Waals surface area contributed by atoms with Crippen LogP contribution in [0.1, 0.15) is 0 Å². The molecule has 3 aromatic rings. The molecule has 2 N–H and O–H groups in total. The second-order valence-corrected chi connectivity index (χ2v) is 4.49. The predicted molar refractivity (Wildman–Crippen MR) is 69.4 cm³/mol. The zero-order valence-electron chi connectivity index (χ0n) is 8.98. The molecule has 0 bridgehead atoms. The highest BCUT2D eigenvalue weighted by molar-refractivity contribution is 9.10. The van der Waals surface area contributed by atoms with Crippen molar-refractivity contribution >= 4 is 26.9 Å². The predicted octanol–water partition coefficient (Wildman–Crippen LogP) is 2.65. The molecule has 0 radical (unpaired) electrons. The first-order valence-electron chi connectivity index (χ1n) is 5.13. The fourth-order valence-corrected chi connectivity index (χ4v) is 1.85. The molecule has 3 rings (SSSR count). The van der Waals surface area contributed by atoms with E-state index in [-0.39, 0.29) is 16.2 Å². The molecular formula is C12H7BrN2O3. The van der Waals surface area contributed by atoms with E-state index in [1.807, 2.05) is 24.3 Å².